The predicted octanol–water partition coefficient (Wildman–Crippen LogP) is 1.03. The zero-order valence-corrected chi connectivity index (χ0v) is 20.8. The van der Waals surface area contributed by atoms with E-state index in [9.17, 15) is 35.4 Å². The summed E-state index contributed by atoms with van der Waals surface area (Å²) in [5.41, 5.74) is -1.94. The second-order valence-corrected chi connectivity index (χ2v) is 12.9. The molecule has 200 valence electrons. The van der Waals surface area contributed by atoms with E-state index < -0.39 is 54.3 Å². The summed E-state index contributed by atoms with van der Waals surface area (Å²) in [6.45, 7) is 3.63. The Bertz CT molecular complexity index is 836. The topological polar surface area (TPSA) is 157 Å². The third kappa shape index (κ3) is 3.72. The quantitative estimate of drug-likeness (QED) is 0.326. The van der Waals surface area contributed by atoms with E-state index in [1.54, 1.807) is 0 Å². The number of aliphatic hydroxyl groups is 5. The Labute approximate surface area is 206 Å². The van der Waals surface area contributed by atoms with Gasteiger partial charge < -0.3 is 40.1 Å². The summed E-state index contributed by atoms with van der Waals surface area (Å²) in [6.07, 6.45) is 0.910. The maximum absolute atomic E-state index is 12.3. The molecule has 0 amide bonds. The number of carboxylic acid groups (broad SMARTS) is 1. The number of rotatable bonds is 5. The van der Waals surface area contributed by atoms with Gasteiger partial charge in [-0.2, -0.15) is 0 Å². The van der Waals surface area contributed by atoms with Crippen LogP contribution in [0.5, 0.6) is 0 Å². The standard InChI is InChI=1S/C26H42O9/c1-23-7-3-8-24(2,22(31)32)16(23)6-9-25-10-14(4-5-17(23)25)26(33,12-25)13-34-21-20(30)19(29)18(28)15(11-27)35-21/h14-21,27-30,33H,3-13H2,1-2H3,(H,31,32). The van der Waals surface area contributed by atoms with Gasteiger partial charge in [-0.15, -0.1) is 0 Å². The number of fused-ring (bicyclic) bond motifs is 3. The lowest BCUT2D eigenvalue weighted by Gasteiger charge is -2.63. The molecule has 5 rings (SSSR count). The minimum Gasteiger partial charge on any atom is -0.481 e. The Kier molecular flexibility index (Phi) is 6.35. The van der Waals surface area contributed by atoms with Gasteiger partial charge in [-0.05, 0) is 86.9 Å². The maximum Gasteiger partial charge on any atom is 0.309 e. The number of carboxylic acids is 1. The molecule has 0 aromatic rings. The van der Waals surface area contributed by atoms with E-state index in [1.165, 1.54) is 0 Å². The van der Waals surface area contributed by atoms with Gasteiger partial charge in [-0.1, -0.05) is 13.3 Å². The SMILES string of the molecule is CC1(C(=O)O)CCCC2(C)C3CCC4CC3(CCC12)CC4(O)COC1OC(CO)C(O)C(O)C1O. The normalized spacial score (nSPS) is 55.7. The van der Waals surface area contributed by atoms with E-state index in [0.717, 1.165) is 51.4 Å². The molecule has 4 aliphatic carbocycles. The van der Waals surface area contributed by atoms with Gasteiger partial charge in [0.05, 0.1) is 24.2 Å². The van der Waals surface area contributed by atoms with Crippen molar-refractivity contribution < 1.29 is 44.9 Å². The summed E-state index contributed by atoms with van der Waals surface area (Å²) < 4.78 is 11.3. The molecule has 4 saturated carbocycles. The molecule has 1 saturated heterocycles. The Morgan fingerprint density at radius 1 is 1.00 bits per heavy atom. The fourth-order valence-corrected chi connectivity index (χ4v) is 9.48. The van der Waals surface area contributed by atoms with Crippen LogP contribution in [0.2, 0.25) is 0 Å². The molecule has 0 radical (unpaired) electrons. The van der Waals surface area contributed by atoms with Gasteiger partial charge in [0, 0.05) is 0 Å². The van der Waals surface area contributed by atoms with Crippen LogP contribution in [-0.2, 0) is 14.3 Å². The van der Waals surface area contributed by atoms with Crippen LogP contribution in [0.4, 0.5) is 0 Å². The van der Waals surface area contributed by atoms with Crippen LogP contribution in [0.25, 0.3) is 0 Å². The molecule has 0 aromatic heterocycles. The van der Waals surface area contributed by atoms with E-state index in [4.69, 9.17) is 9.47 Å². The molecule has 1 spiro atoms. The number of hydrogen-bond donors (Lipinski definition) is 6. The monoisotopic (exact) mass is 498 g/mol. The zero-order chi connectivity index (χ0) is 25.4. The van der Waals surface area contributed by atoms with Crippen LogP contribution >= 0.6 is 0 Å². The Hall–Kier alpha value is -0.810. The molecule has 12 unspecified atom stereocenters. The third-order valence-corrected chi connectivity index (χ3v) is 11.2. The predicted molar refractivity (Wildman–Crippen MR) is 123 cm³/mol. The number of ether oxygens (including phenoxy) is 2. The van der Waals surface area contributed by atoms with Crippen molar-refractivity contribution in [3.05, 3.63) is 0 Å². The molecule has 1 heterocycles. The van der Waals surface area contributed by atoms with E-state index >= 15 is 0 Å². The highest BCUT2D eigenvalue weighted by Gasteiger charge is 2.68. The number of aliphatic hydroxyl groups excluding tert-OH is 4. The second-order valence-electron chi connectivity index (χ2n) is 12.9. The van der Waals surface area contributed by atoms with Crippen molar-refractivity contribution in [1.29, 1.82) is 0 Å². The van der Waals surface area contributed by atoms with Gasteiger partial charge in [0.25, 0.3) is 0 Å². The zero-order valence-electron chi connectivity index (χ0n) is 20.8. The second kappa shape index (κ2) is 8.61. The molecule has 2 bridgehead atoms. The first kappa shape index (κ1) is 25.8. The first-order valence-electron chi connectivity index (χ1n) is 13.3. The van der Waals surface area contributed by atoms with Crippen molar-refractivity contribution in [3.63, 3.8) is 0 Å². The number of aliphatic carboxylic acids is 1. The molecule has 1 aliphatic heterocycles. The van der Waals surface area contributed by atoms with Crippen LogP contribution in [0.15, 0.2) is 0 Å². The summed E-state index contributed by atoms with van der Waals surface area (Å²) >= 11 is 0. The van der Waals surface area contributed by atoms with Gasteiger partial charge in [-0.3, -0.25) is 4.79 Å². The lowest BCUT2D eigenvalue weighted by Crippen LogP contribution is -2.59. The van der Waals surface area contributed by atoms with Crippen molar-refractivity contribution in [2.75, 3.05) is 13.2 Å². The largest absolute Gasteiger partial charge is 0.481 e. The van der Waals surface area contributed by atoms with Crippen LogP contribution in [-0.4, -0.2) is 86.1 Å². The summed E-state index contributed by atoms with van der Waals surface area (Å²) in [5, 5.41) is 61.8. The van der Waals surface area contributed by atoms with Crippen LogP contribution in [0.1, 0.15) is 71.6 Å². The van der Waals surface area contributed by atoms with Crippen LogP contribution in [0, 0.1) is 34.0 Å². The van der Waals surface area contributed by atoms with E-state index in [-0.39, 0.29) is 29.3 Å². The highest BCUT2D eigenvalue weighted by molar-refractivity contribution is 5.75. The first-order valence-corrected chi connectivity index (χ1v) is 13.3. The smallest absolute Gasteiger partial charge is 0.309 e. The Morgan fingerprint density at radius 2 is 1.74 bits per heavy atom. The molecule has 12 atom stereocenters. The van der Waals surface area contributed by atoms with Crippen molar-refractivity contribution >= 4 is 5.97 Å². The van der Waals surface area contributed by atoms with Gasteiger partial charge in [0.15, 0.2) is 6.29 Å². The first-order chi connectivity index (χ1) is 16.4. The third-order valence-electron chi connectivity index (χ3n) is 11.2. The van der Waals surface area contributed by atoms with Crippen LogP contribution in [0.3, 0.4) is 0 Å². The van der Waals surface area contributed by atoms with Gasteiger partial charge in [-0.25, -0.2) is 0 Å². The molecule has 0 aromatic carbocycles. The summed E-state index contributed by atoms with van der Waals surface area (Å²) in [4.78, 5) is 12.3. The number of hydrogen-bond acceptors (Lipinski definition) is 8. The Balaban J connectivity index is 1.33. The molecule has 9 heteroatoms. The van der Waals surface area contributed by atoms with E-state index in [1.807, 2.05) is 6.92 Å². The van der Waals surface area contributed by atoms with Gasteiger partial charge >= 0.3 is 5.97 Å². The molecule has 9 nitrogen and oxygen atoms in total. The molecule has 6 N–H and O–H groups in total. The molecule has 5 fully saturated rings. The average molecular weight is 499 g/mol. The minimum absolute atomic E-state index is 0.0400. The fraction of sp³-hybridized carbons (Fsp3) is 0.962. The average Bonchev–Trinajstić information content (AvgIpc) is 3.01. The summed E-state index contributed by atoms with van der Waals surface area (Å²) in [5.74, 6) is -0.162. The van der Waals surface area contributed by atoms with Crippen molar-refractivity contribution in [2.45, 2.75) is 108 Å². The van der Waals surface area contributed by atoms with Crippen molar-refractivity contribution in [3.8, 4) is 0 Å². The molecule has 35 heavy (non-hydrogen) atoms. The minimum atomic E-state index is -1.52. The van der Waals surface area contributed by atoms with Crippen LogP contribution < -0.4 is 0 Å². The highest BCUT2D eigenvalue weighted by Crippen LogP contribution is 2.73. The molecule has 5 aliphatic rings. The highest BCUT2D eigenvalue weighted by atomic mass is 16.7. The molecular weight excluding hydrogens is 456 g/mol. The lowest BCUT2D eigenvalue weighted by molar-refractivity contribution is -0.310. The van der Waals surface area contributed by atoms with Crippen molar-refractivity contribution in [1.82, 2.24) is 0 Å². The van der Waals surface area contributed by atoms with Crippen molar-refractivity contribution in [2.24, 2.45) is 34.0 Å². The molecular formula is C26H42O9. The van der Waals surface area contributed by atoms with E-state index in [2.05, 4.69) is 6.92 Å². The summed E-state index contributed by atoms with van der Waals surface area (Å²) in [7, 11) is 0. The summed E-state index contributed by atoms with van der Waals surface area (Å²) in [6, 6.07) is 0. The maximum atomic E-state index is 12.3. The van der Waals surface area contributed by atoms with E-state index in [0.29, 0.717) is 12.3 Å². The fourth-order valence-electron chi connectivity index (χ4n) is 9.48. The number of carbonyl (C=O) groups is 1. The van der Waals surface area contributed by atoms with Gasteiger partial charge in [0.2, 0.25) is 0 Å². The Morgan fingerprint density at radius 3 is 2.43 bits per heavy atom. The van der Waals surface area contributed by atoms with Gasteiger partial charge in [0.1, 0.15) is 24.4 Å². The lowest BCUT2D eigenvalue weighted by atomic mass is 9.41.